The number of benzene rings is 1. The molecule has 0 bridgehead atoms. The van der Waals surface area contributed by atoms with Gasteiger partial charge in [0.2, 0.25) is 0 Å². The molecular weight excluding hydrogens is 283 g/mol. The van der Waals surface area contributed by atoms with Gasteiger partial charge < -0.3 is 9.64 Å². The Hall–Kier alpha value is -1.72. The van der Waals surface area contributed by atoms with Crippen molar-refractivity contribution in [3.63, 3.8) is 0 Å². The van der Waals surface area contributed by atoms with Crippen molar-refractivity contribution in [1.82, 2.24) is 0 Å². The minimum atomic E-state index is -4.58. The summed E-state index contributed by atoms with van der Waals surface area (Å²) in [6.45, 7) is 4.62. The van der Waals surface area contributed by atoms with Gasteiger partial charge in [0.15, 0.2) is 0 Å². The zero-order chi connectivity index (χ0) is 15.6. The smallest absolute Gasteiger partial charge is 0.417 e. The maximum absolute atomic E-state index is 13.3. The number of hydrogen-bond acceptors (Lipinski definition) is 3. The molecule has 116 valence electrons. The summed E-state index contributed by atoms with van der Waals surface area (Å²) in [4.78, 5) is 13.7. The molecule has 6 heteroatoms. The predicted molar refractivity (Wildman–Crippen MR) is 73.6 cm³/mol. The van der Waals surface area contributed by atoms with Crippen LogP contribution in [0.1, 0.15) is 41.3 Å². The molecule has 21 heavy (non-hydrogen) atoms. The highest BCUT2D eigenvalue weighted by atomic mass is 19.4. The Labute approximate surface area is 121 Å². The second-order valence-corrected chi connectivity index (χ2v) is 5.10. The van der Waals surface area contributed by atoms with Gasteiger partial charge in [-0.05, 0) is 44.4 Å². The molecule has 0 unspecified atom stereocenters. The van der Waals surface area contributed by atoms with Gasteiger partial charge in [0.25, 0.3) is 0 Å². The molecular formula is C15H18F3NO2. The number of anilines is 1. The van der Waals surface area contributed by atoms with Gasteiger partial charge in [0.05, 0.1) is 17.7 Å². The van der Waals surface area contributed by atoms with E-state index in [1.165, 1.54) is 6.92 Å². The van der Waals surface area contributed by atoms with Gasteiger partial charge in [-0.25, -0.2) is 4.79 Å². The monoisotopic (exact) mass is 301 g/mol. The largest absolute Gasteiger partial charge is 0.462 e. The SMILES string of the molecule is CCOC(=O)c1c(C)cc(N2CCCC2)cc1C(F)(F)F. The number of halogens is 3. The molecule has 0 saturated carbocycles. The summed E-state index contributed by atoms with van der Waals surface area (Å²) >= 11 is 0. The van der Waals surface area contributed by atoms with Crippen molar-refractivity contribution in [2.24, 2.45) is 0 Å². The maximum Gasteiger partial charge on any atom is 0.417 e. The number of carbonyl (C=O) groups is 1. The Kier molecular flexibility index (Phi) is 4.44. The summed E-state index contributed by atoms with van der Waals surface area (Å²) in [5.74, 6) is -0.921. The average molecular weight is 301 g/mol. The van der Waals surface area contributed by atoms with E-state index in [2.05, 4.69) is 0 Å². The molecule has 1 saturated heterocycles. The lowest BCUT2D eigenvalue weighted by Crippen LogP contribution is -2.22. The minimum absolute atomic E-state index is 0.0451. The average Bonchev–Trinajstić information content (AvgIpc) is 2.90. The minimum Gasteiger partial charge on any atom is -0.462 e. The van der Waals surface area contributed by atoms with E-state index < -0.39 is 17.7 Å². The second kappa shape index (κ2) is 5.95. The van der Waals surface area contributed by atoms with E-state index in [4.69, 9.17) is 4.74 Å². The van der Waals surface area contributed by atoms with E-state index in [1.54, 1.807) is 13.0 Å². The van der Waals surface area contributed by atoms with Crippen LogP contribution in [0.4, 0.5) is 18.9 Å². The van der Waals surface area contributed by atoms with Crippen molar-refractivity contribution >= 4 is 11.7 Å². The van der Waals surface area contributed by atoms with Crippen LogP contribution in [0.15, 0.2) is 12.1 Å². The van der Waals surface area contributed by atoms with Crippen molar-refractivity contribution in [1.29, 1.82) is 0 Å². The second-order valence-electron chi connectivity index (χ2n) is 5.10. The van der Waals surface area contributed by atoms with Crippen molar-refractivity contribution in [2.75, 3.05) is 24.6 Å². The maximum atomic E-state index is 13.3. The highest BCUT2D eigenvalue weighted by Crippen LogP contribution is 2.37. The lowest BCUT2D eigenvalue weighted by atomic mass is 9.99. The zero-order valence-electron chi connectivity index (χ0n) is 12.1. The van der Waals surface area contributed by atoms with Crippen LogP contribution in [0.2, 0.25) is 0 Å². The summed E-state index contributed by atoms with van der Waals surface area (Å²) in [7, 11) is 0. The highest BCUT2D eigenvalue weighted by Gasteiger charge is 2.37. The van der Waals surface area contributed by atoms with Gasteiger partial charge in [-0.15, -0.1) is 0 Å². The van der Waals surface area contributed by atoms with Crippen LogP contribution in [0.5, 0.6) is 0 Å². The van der Waals surface area contributed by atoms with Crippen molar-refractivity contribution in [3.05, 3.63) is 28.8 Å². The Morgan fingerprint density at radius 3 is 2.43 bits per heavy atom. The third-order valence-electron chi connectivity index (χ3n) is 3.58. The van der Waals surface area contributed by atoms with Crippen LogP contribution in [-0.2, 0) is 10.9 Å². The molecule has 2 rings (SSSR count). The Morgan fingerprint density at radius 2 is 1.90 bits per heavy atom. The third-order valence-corrected chi connectivity index (χ3v) is 3.58. The predicted octanol–water partition coefficient (Wildman–Crippen LogP) is 3.79. The van der Waals surface area contributed by atoms with Crippen molar-refractivity contribution in [2.45, 2.75) is 32.9 Å². The first kappa shape index (κ1) is 15.7. The van der Waals surface area contributed by atoms with Gasteiger partial charge >= 0.3 is 12.1 Å². The third kappa shape index (κ3) is 3.31. The number of rotatable bonds is 3. The van der Waals surface area contributed by atoms with Gasteiger partial charge in [0.1, 0.15) is 0 Å². The van der Waals surface area contributed by atoms with Crippen LogP contribution in [0, 0.1) is 6.92 Å². The van der Waals surface area contributed by atoms with Gasteiger partial charge in [-0.3, -0.25) is 0 Å². The van der Waals surface area contributed by atoms with E-state index in [-0.39, 0.29) is 12.2 Å². The number of carbonyl (C=O) groups excluding carboxylic acids is 1. The summed E-state index contributed by atoms with van der Waals surface area (Å²) in [6.07, 6.45) is -2.64. The first-order valence-electron chi connectivity index (χ1n) is 6.98. The number of alkyl halides is 3. The highest BCUT2D eigenvalue weighted by molar-refractivity contribution is 5.93. The molecule has 1 aliphatic heterocycles. The Balaban J connectivity index is 2.51. The summed E-state index contributed by atoms with van der Waals surface area (Å²) in [5.41, 5.74) is -0.481. The van der Waals surface area contributed by atoms with Crippen LogP contribution >= 0.6 is 0 Å². The molecule has 1 aliphatic rings. The first-order chi connectivity index (χ1) is 9.84. The standard InChI is InChI=1S/C15H18F3NO2/c1-3-21-14(20)13-10(2)8-11(19-6-4-5-7-19)9-12(13)15(16,17)18/h8-9H,3-7H2,1-2H3. The molecule has 3 nitrogen and oxygen atoms in total. The van der Waals surface area contributed by atoms with Gasteiger partial charge in [-0.1, -0.05) is 0 Å². The number of nitrogens with zero attached hydrogens (tertiary/aromatic N) is 1. The fourth-order valence-electron chi connectivity index (χ4n) is 2.62. The summed E-state index contributed by atoms with van der Waals surface area (Å²) < 4.78 is 44.6. The number of esters is 1. The van der Waals surface area contributed by atoms with E-state index in [9.17, 15) is 18.0 Å². The molecule has 0 aliphatic carbocycles. The van der Waals surface area contributed by atoms with E-state index >= 15 is 0 Å². The molecule has 0 atom stereocenters. The van der Waals surface area contributed by atoms with Crippen LogP contribution in [0.3, 0.4) is 0 Å². The van der Waals surface area contributed by atoms with E-state index in [1.807, 2.05) is 4.90 Å². The van der Waals surface area contributed by atoms with Crippen LogP contribution < -0.4 is 4.90 Å². The molecule has 1 fully saturated rings. The molecule has 0 amide bonds. The van der Waals surface area contributed by atoms with Crippen molar-refractivity contribution < 1.29 is 22.7 Å². The molecule has 1 heterocycles. The fourth-order valence-corrected chi connectivity index (χ4v) is 2.62. The molecule has 0 spiro atoms. The number of hydrogen-bond donors (Lipinski definition) is 0. The van der Waals surface area contributed by atoms with Gasteiger partial charge in [0, 0.05) is 18.8 Å². The summed E-state index contributed by atoms with van der Waals surface area (Å²) in [6, 6.07) is 2.69. The molecule has 0 N–H and O–H groups in total. The lowest BCUT2D eigenvalue weighted by molar-refractivity contribution is -0.138. The van der Waals surface area contributed by atoms with E-state index in [0.29, 0.717) is 11.3 Å². The zero-order valence-corrected chi connectivity index (χ0v) is 12.1. The first-order valence-corrected chi connectivity index (χ1v) is 6.98. The van der Waals surface area contributed by atoms with E-state index in [0.717, 1.165) is 32.0 Å². The molecule has 0 radical (unpaired) electrons. The molecule has 1 aromatic rings. The van der Waals surface area contributed by atoms with Crippen LogP contribution in [0.25, 0.3) is 0 Å². The quantitative estimate of drug-likeness (QED) is 0.796. The number of aryl methyl sites for hydroxylation is 1. The lowest BCUT2D eigenvalue weighted by Gasteiger charge is -2.22. The topological polar surface area (TPSA) is 29.5 Å². The van der Waals surface area contributed by atoms with Gasteiger partial charge in [-0.2, -0.15) is 13.2 Å². The Morgan fingerprint density at radius 1 is 1.29 bits per heavy atom. The van der Waals surface area contributed by atoms with Crippen molar-refractivity contribution in [3.8, 4) is 0 Å². The van der Waals surface area contributed by atoms with Crippen LogP contribution in [-0.4, -0.2) is 25.7 Å². The fraction of sp³-hybridized carbons (Fsp3) is 0.533. The Bertz CT molecular complexity index is 534. The summed E-state index contributed by atoms with van der Waals surface area (Å²) in [5, 5.41) is 0. The number of ether oxygens (including phenoxy) is 1. The molecule has 1 aromatic carbocycles. The normalized spacial score (nSPS) is 15.4. The molecule has 0 aromatic heterocycles.